The molecule has 2 heterocycles. The molecular formula is C22H30N4O5. The van der Waals surface area contributed by atoms with Gasteiger partial charge >= 0.3 is 0 Å². The molecule has 168 valence electrons. The molecule has 2 fully saturated rings. The molecule has 2 aliphatic rings. The van der Waals surface area contributed by atoms with E-state index >= 15 is 0 Å². The van der Waals surface area contributed by atoms with E-state index in [1.165, 1.54) is 7.11 Å². The van der Waals surface area contributed by atoms with Crippen LogP contribution in [0.1, 0.15) is 18.4 Å². The van der Waals surface area contributed by atoms with Crippen LogP contribution in [0.3, 0.4) is 0 Å². The van der Waals surface area contributed by atoms with E-state index in [9.17, 15) is 9.59 Å². The Bertz CT molecular complexity index is 796. The molecule has 3 rings (SSSR count). The second-order valence-corrected chi connectivity index (χ2v) is 7.58. The summed E-state index contributed by atoms with van der Waals surface area (Å²) in [5.74, 6) is 1.26. The molecule has 0 atom stereocenters. The lowest BCUT2D eigenvalue weighted by molar-refractivity contribution is -0.140. The molecule has 9 heteroatoms. The number of rotatable bonds is 8. The molecule has 2 saturated heterocycles. The maximum absolute atomic E-state index is 12.5. The molecule has 0 N–H and O–H groups in total. The van der Waals surface area contributed by atoms with Gasteiger partial charge in [0.25, 0.3) is 0 Å². The summed E-state index contributed by atoms with van der Waals surface area (Å²) in [7, 11) is 1.53. The fourth-order valence-electron chi connectivity index (χ4n) is 3.68. The van der Waals surface area contributed by atoms with Gasteiger partial charge in [0.2, 0.25) is 11.8 Å². The third kappa shape index (κ3) is 6.57. The lowest BCUT2D eigenvalue weighted by Crippen LogP contribution is -2.53. The van der Waals surface area contributed by atoms with Crippen LogP contribution in [-0.2, 0) is 14.3 Å². The predicted molar refractivity (Wildman–Crippen MR) is 113 cm³/mol. The third-order valence-electron chi connectivity index (χ3n) is 5.53. The van der Waals surface area contributed by atoms with Crippen LogP contribution in [0.4, 0.5) is 0 Å². The number of nitrogens with zero attached hydrogens (tertiary/aromatic N) is 4. The fourth-order valence-corrected chi connectivity index (χ4v) is 3.68. The number of carbonyl (C=O) groups excluding carboxylic acids is 2. The van der Waals surface area contributed by atoms with E-state index in [2.05, 4.69) is 11.0 Å². The second-order valence-electron chi connectivity index (χ2n) is 7.58. The number of hydrogen-bond donors (Lipinski definition) is 0. The highest BCUT2D eigenvalue weighted by Gasteiger charge is 2.25. The zero-order valence-electron chi connectivity index (χ0n) is 18.0. The van der Waals surface area contributed by atoms with E-state index in [4.69, 9.17) is 19.5 Å². The number of methoxy groups -OCH3 is 1. The Morgan fingerprint density at radius 1 is 1.03 bits per heavy atom. The van der Waals surface area contributed by atoms with E-state index in [-0.39, 0.29) is 11.8 Å². The van der Waals surface area contributed by atoms with E-state index in [1.54, 1.807) is 18.2 Å². The molecule has 9 nitrogen and oxygen atoms in total. The molecule has 2 amide bonds. The van der Waals surface area contributed by atoms with Crippen molar-refractivity contribution < 1.29 is 23.8 Å². The van der Waals surface area contributed by atoms with Crippen molar-refractivity contribution in [2.24, 2.45) is 0 Å². The van der Waals surface area contributed by atoms with E-state index in [0.29, 0.717) is 82.4 Å². The van der Waals surface area contributed by atoms with Crippen LogP contribution in [0.25, 0.3) is 0 Å². The van der Waals surface area contributed by atoms with Crippen LogP contribution in [0, 0.1) is 11.3 Å². The van der Waals surface area contributed by atoms with Gasteiger partial charge in [0, 0.05) is 51.8 Å². The Hall–Kier alpha value is -2.83. The number of ether oxygens (including phenoxy) is 3. The van der Waals surface area contributed by atoms with Gasteiger partial charge in [-0.2, -0.15) is 5.26 Å². The van der Waals surface area contributed by atoms with Crippen LogP contribution in [0.2, 0.25) is 0 Å². The Labute approximate surface area is 183 Å². The molecule has 0 unspecified atom stereocenters. The third-order valence-corrected chi connectivity index (χ3v) is 5.53. The SMILES string of the molecule is COc1cc(C#N)ccc1OCCCC(=O)N1CCN(C(=O)CN2CCOCC2)CC1. The minimum Gasteiger partial charge on any atom is -0.493 e. The van der Waals surface area contributed by atoms with Crippen molar-refractivity contribution in [1.29, 1.82) is 5.26 Å². The summed E-state index contributed by atoms with van der Waals surface area (Å²) in [6, 6.07) is 7.06. The van der Waals surface area contributed by atoms with Crippen molar-refractivity contribution in [1.82, 2.24) is 14.7 Å². The van der Waals surface area contributed by atoms with Crippen molar-refractivity contribution in [3.8, 4) is 17.6 Å². The highest BCUT2D eigenvalue weighted by atomic mass is 16.5. The largest absolute Gasteiger partial charge is 0.493 e. The Balaban J connectivity index is 1.35. The van der Waals surface area contributed by atoms with E-state index < -0.39 is 0 Å². The zero-order chi connectivity index (χ0) is 22.1. The number of piperazine rings is 1. The summed E-state index contributed by atoms with van der Waals surface area (Å²) in [5.41, 5.74) is 0.502. The molecule has 0 radical (unpaired) electrons. The maximum Gasteiger partial charge on any atom is 0.236 e. The highest BCUT2D eigenvalue weighted by Crippen LogP contribution is 2.28. The number of hydrogen-bond acceptors (Lipinski definition) is 7. The average molecular weight is 431 g/mol. The van der Waals surface area contributed by atoms with Crippen LogP contribution >= 0.6 is 0 Å². The summed E-state index contributed by atoms with van der Waals surface area (Å²) in [5, 5.41) is 8.95. The lowest BCUT2D eigenvalue weighted by Gasteiger charge is -2.36. The molecule has 2 aliphatic heterocycles. The molecule has 0 saturated carbocycles. The van der Waals surface area contributed by atoms with Crippen molar-refractivity contribution in [2.45, 2.75) is 12.8 Å². The Kier molecular flexibility index (Phi) is 8.50. The van der Waals surface area contributed by atoms with Gasteiger partial charge < -0.3 is 24.0 Å². The van der Waals surface area contributed by atoms with Gasteiger partial charge in [0.1, 0.15) is 0 Å². The van der Waals surface area contributed by atoms with Gasteiger partial charge in [-0.25, -0.2) is 0 Å². The van der Waals surface area contributed by atoms with Gasteiger partial charge in [-0.1, -0.05) is 0 Å². The predicted octanol–water partition coefficient (Wildman–Crippen LogP) is 0.729. The second kappa shape index (κ2) is 11.5. The molecule has 1 aromatic carbocycles. The van der Waals surface area contributed by atoms with E-state index in [0.717, 1.165) is 13.1 Å². The first kappa shape index (κ1) is 22.8. The normalized spacial score (nSPS) is 17.2. The van der Waals surface area contributed by atoms with Gasteiger partial charge in [0.15, 0.2) is 11.5 Å². The monoisotopic (exact) mass is 430 g/mol. The number of amides is 2. The molecular weight excluding hydrogens is 400 g/mol. The Morgan fingerprint density at radius 3 is 2.35 bits per heavy atom. The molecule has 0 aliphatic carbocycles. The molecule has 31 heavy (non-hydrogen) atoms. The van der Waals surface area contributed by atoms with Gasteiger partial charge in [-0.3, -0.25) is 14.5 Å². The van der Waals surface area contributed by atoms with E-state index in [1.807, 2.05) is 9.80 Å². The smallest absolute Gasteiger partial charge is 0.236 e. The summed E-state index contributed by atoms with van der Waals surface area (Å²) in [4.78, 5) is 30.8. The van der Waals surface area contributed by atoms with Crippen molar-refractivity contribution in [3.63, 3.8) is 0 Å². The van der Waals surface area contributed by atoms with Gasteiger partial charge in [-0.05, 0) is 18.6 Å². The van der Waals surface area contributed by atoms with Crippen molar-refractivity contribution in [2.75, 3.05) is 72.7 Å². The van der Waals surface area contributed by atoms with Crippen molar-refractivity contribution in [3.05, 3.63) is 23.8 Å². The summed E-state index contributed by atoms with van der Waals surface area (Å²) >= 11 is 0. The van der Waals surface area contributed by atoms with Crippen LogP contribution in [0.5, 0.6) is 11.5 Å². The molecule has 1 aromatic rings. The Morgan fingerprint density at radius 2 is 1.71 bits per heavy atom. The van der Waals surface area contributed by atoms with Crippen LogP contribution < -0.4 is 9.47 Å². The first-order valence-electron chi connectivity index (χ1n) is 10.7. The zero-order valence-corrected chi connectivity index (χ0v) is 18.0. The number of morpholine rings is 1. The first-order valence-corrected chi connectivity index (χ1v) is 10.7. The standard InChI is InChI=1S/C22H30N4O5/c1-29-20-15-18(16-23)4-5-19(20)31-12-2-3-21(27)25-6-8-26(9-7-25)22(28)17-24-10-13-30-14-11-24/h4-5,15H,2-3,6-14,17H2,1H3. The van der Waals surface area contributed by atoms with Gasteiger partial charge in [0.05, 0.1) is 45.1 Å². The van der Waals surface area contributed by atoms with Gasteiger partial charge in [-0.15, -0.1) is 0 Å². The fraction of sp³-hybridized carbons (Fsp3) is 0.591. The summed E-state index contributed by atoms with van der Waals surface area (Å²) in [6.07, 6.45) is 0.971. The number of benzene rings is 1. The highest BCUT2D eigenvalue weighted by molar-refractivity contribution is 5.79. The lowest BCUT2D eigenvalue weighted by atomic mass is 10.2. The summed E-state index contributed by atoms with van der Waals surface area (Å²) < 4.78 is 16.3. The quantitative estimate of drug-likeness (QED) is 0.561. The van der Waals surface area contributed by atoms with Crippen molar-refractivity contribution >= 4 is 11.8 Å². The molecule has 0 aromatic heterocycles. The van der Waals surface area contributed by atoms with Crippen LogP contribution in [0.15, 0.2) is 18.2 Å². The maximum atomic E-state index is 12.5. The molecule has 0 spiro atoms. The molecule has 0 bridgehead atoms. The minimum atomic E-state index is 0.0793. The van der Waals surface area contributed by atoms with Crippen LogP contribution in [-0.4, -0.2) is 99.3 Å². The first-order chi connectivity index (χ1) is 15.1. The number of carbonyl (C=O) groups is 2. The average Bonchev–Trinajstić information content (AvgIpc) is 2.82. The topological polar surface area (TPSA) is 95.3 Å². The number of nitriles is 1. The summed E-state index contributed by atoms with van der Waals surface area (Å²) in [6.45, 7) is 6.03. The minimum absolute atomic E-state index is 0.0793.